The fourth-order valence-electron chi connectivity index (χ4n) is 4.68. The second-order valence-electron chi connectivity index (χ2n) is 8.77. The van der Waals surface area contributed by atoms with Gasteiger partial charge in [-0.05, 0) is 55.2 Å². The Bertz CT molecular complexity index is 1300. The first-order chi connectivity index (χ1) is 17.7. The Morgan fingerprint density at radius 2 is 1.69 bits per heavy atom. The number of Topliss-reactive ketones (excluding diaryl/α,β-unsaturated/α-hetero) is 1. The summed E-state index contributed by atoms with van der Waals surface area (Å²) < 4.78 is 18.7. The molecule has 0 aliphatic heterocycles. The molecule has 0 spiro atoms. The maximum Gasteiger partial charge on any atom is 0.163 e. The molecule has 4 aromatic rings. The molecule has 0 unspecified atom stereocenters. The van der Waals surface area contributed by atoms with E-state index < -0.39 is 0 Å². The fourth-order valence-corrected chi connectivity index (χ4v) is 4.68. The maximum atomic E-state index is 12.7. The summed E-state index contributed by atoms with van der Waals surface area (Å²) in [6.45, 7) is 2.78. The zero-order chi connectivity index (χ0) is 24.7. The highest BCUT2D eigenvalue weighted by molar-refractivity contribution is 5.99. The number of ketones is 1. The molecule has 0 bridgehead atoms. The number of ether oxygens (including phenoxy) is 3. The highest BCUT2D eigenvalue weighted by Gasteiger charge is 2.25. The SMILES string of the molecule is CCOc1ccccc1OCc1c(O[C@@H](Cc2ncc[nH]2)c2ccccc2)ccc2c1CCCC2=O. The molecule has 36 heavy (non-hydrogen) atoms. The van der Waals surface area contributed by atoms with Crippen LogP contribution >= 0.6 is 0 Å². The number of hydrogen-bond donors (Lipinski definition) is 1. The minimum absolute atomic E-state index is 0.175. The second-order valence-corrected chi connectivity index (χ2v) is 8.77. The lowest BCUT2D eigenvalue weighted by atomic mass is 9.87. The van der Waals surface area contributed by atoms with Crippen LogP contribution in [0, 0.1) is 0 Å². The van der Waals surface area contributed by atoms with E-state index in [0.717, 1.165) is 46.7 Å². The van der Waals surface area contributed by atoms with Crippen molar-refractivity contribution in [3.8, 4) is 17.2 Å². The molecular weight excluding hydrogens is 452 g/mol. The molecule has 1 atom stereocenters. The third-order valence-corrected chi connectivity index (χ3v) is 6.41. The highest BCUT2D eigenvalue weighted by atomic mass is 16.5. The average Bonchev–Trinajstić information content (AvgIpc) is 3.42. The van der Waals surface area contributed by atoms with Crippen LogP contribution in [0.3, 0.4) is 0 Å². The molecule has 5 rings (SSSR count). The van der Waals surface area contributed by atoms with Crippen LogP contribution in [0.5, 0.6) is 17.2 Å². The number of fused-ring (bicyclic) bond motifs is 1. The van der Waals surface area contributed by atoms with Gasteiger partial charge in [-0.2, -0.15) is 0 Å². The number of aromatic nitrogens is 2. The first-order valence-electron chi connectivity index (χ1n) is 12.5. The lowest BCUT2D eigenvalue weighted by molar-refractivity contribution is 0.0971. The van der Waals surface area contributed by atoms with Crippen LogP contribution < -0.4 is 14.2 Å². The number of hydrogen-bond acceptors (Lipinski definition) is 5. The second kappa shape index (κ2) is 11.1. The Morgan fingerprint density at radius 1 is 0.917 bits per heavy atom. The number of carbonyl (C=O) groups excluding carboxylic acids is 1. The molecule has 6 heteroatoms. The largest absolute Gasteiger partial charge is 0.490 e. The van der Waals surface area contributed by atoms with Crippen LogP contribution in [0.15, 0.2) is 79.1 Å². The van der Waals surface area contributed by atoms with Crippen molar-refractivity contribution < 1.29 is 19.0 Å². The van der Waals surface area contributed by atoms with E-state index in [0.29, 0.717) is 30.9 Å². The fraction of sp³-hybridized carbons (Fsp3) is 0.267. The summed E-state index contributed by atoms with van der Waals surface area (Å²) in [5.41, 5.74) is 3.75. The van der Waals surface area contributed by atoms with Crippen LogP contribution in [-0.4, -0.2) is 22.4 Å². The van der Waals surface area contributed by atoms with E-state index in [2.05, 4.69) is 22.1 Å². The van der Waals surface area contributed by atoms with Crippen molar-refractivity contribution >= 4 is 5.78 Å². The van der Waals surface area contributed by atoms with Crippen LogP contribution in [0.4, 0.5) is 0 Å². The summed E-state index contributed by atoms with van der Waals surface area (Å²) >= 11 is 0. The lowest BCUT2D eigenvalue weighted by Crippen LogP contribution is -2.18. The Morgan fingerprint density at radius 3 is 2.44 bits per heavy atom. The van der Waals surface area contributed by atoms with Gasteiger partial charge in [0.15, 0.2) is 17.3 Å². The summed E-state index contributed by atoms with van der Waals surface area (Å²) in [5, 5.41) is 0. The van der Waals surface area contributed by atoms with Crippen molar-refractivity contribution in [1.82, 2.24) is 9.97 Å². The molecule has 0 radical (unpaired) electrons. The first kappa shape index (κ1) is 23.7. The number of benzene rings is 3. The van der Waals surface area contributed by atoms with Crippen LogP contribution in [0.1, 0.15) is 58.7 Å². The van der Waals surface area contributed by atoms with Crippen molar-refractivity contribution in [2.24, 2.45) is 0 Å². The Kier molecular flexibility index (Phi) is 7.31. The van der Waals surface area contributed by atoms with Crippen molar-refractivity contribution in [2.75, 3.05) is 6.61 Å². The van der Waals surface area contributed by atoms with Gasteiger partial charge in [-0.15, -0.1) is 0 Å². The quantitative estimate of drug-likeness (QED) is 0.288. The van der Waals surface area contributed by atoms with Crippen molar-refractivity contribution in [1.29, 1.82) is 0 Å². The van der Waals surface area contributed by atoms with Crippen LogP contribution in [0.2, 0.25) is 0 Å². The summed E-state index contributed by atoms with van der Waals surface area (Å²) in [7, 11) is 0. The van der Waals surface area contributed by atoms with E-state index >= 15 is 0 Å². The number of carbonyl (C=O) groups is 1. The van der Waals surface area contributed by atoms with Gasteiger partial charge in [0, 0.05) is 36.4 Å². The monoisotopic (exact) mass is 482 g/mol. The Balaban J connectivity index is 1.50. The van der Waals surface area contributed by atoms with E-state index in [4.69, 9.17) is 14.2 Å². The van der Waals surface area contributed by atoms with Gasteiger partial charge in [0.1, 0.15) is 24.3 Å². The van der Waals surface area contributed by atoms with E-state index in [-0.39, 0.29) is 18.5 Å². The molecule has 0 amide bonds. The number of aromatic amines is 1. The zero-order valence-corrected chi connectivity index (χ0v) is 20.4. The number of H-pyrrole nitrogens is 1. The highest BCUT2D eigenvalue weighted by Crippen LogP contribution is 2.36. The normalized spacial score (nSPS) is 13.6. The average molecular weight is 483 g/mol. The number of imidazole rings is 1. The molecule has 1 aromatic heterocycles. The van der Waals surface area contributed by atoms with Crippen molar-refractivity contribution in [3.05, 3.63) is 107 Å². The minimum Gasteiger partial charge on any atom is -0.490 e. The van der Waals surface area contributed by atoms with Crippen molar-refractivity contribution in [2.45, 2.75) is 45.3 Å². The van der Waals surface area contributed by atoms with Crippen molar-refractivity contribution in [3.63, 3.8) is 0 Å². The molecule has 1 heterocycles. The molecule has 0 fully saturated rings. The van der Waals surface area contributed by atoms with E-state index in [9.17, 15) is 4.79 Å². The van der Waals surface area contributed by atoms with Gasteiger partial charge in [-0.25, -0.2) is 4.98 Å². The third kappa shape index (κ3) is 5.28. The smallest absolute Gasteiger partial charge is 0.163 e. The standard InChI is InChI=1S/C30H30N2O4/c1-2-34-27-13-6-7-14-28(27)35-20-24-22-11-8-12-25(33)23(22)15-16-26(24)36-29(19-30-31-17-18-32-30)21-9-4-3-5-10-21/h3-7,9-10,13-18,29H,2,8,11-12,19-20H2,1H3,(H,31,32)/t29-/m0/s1. The molecule has 1 aliphatic rings. The van der Waals surface area contributed by atoms with Gasteiger partial charge in [0.25, 0.3) is 0 Å². The predicted molar refractivity (Wildman–Crippen MR) is 138 cm³/mol. The van der Waals surface area contributed by atoms with Gasteiger partial charge >= 0.3 is 0 Å². The molecule has 1 N–H and O–H groups in total. The minimum atomic E-state index is -0.260. The molecular formula is C30H30N2O4. The summed E-state index contributed by atoms with van der Waals surface area (Å²) in [6.07, 6.45) is 6.11. The molecule has 6 nitrogen and oxygen atoms in total. The summed E-state index contributed by atoms with van der Waals surface area (Å²) in [5.74, 6) is 3.11. The molecule has 0 saturated heterocycles. The topological polar surface area (TPSA) is 73.4 Å². The van der Waals surface area contributed by atoms with Gasteiger partial charge < -0.3 is 19.2 Å². The van der Waals surface area contributed by atoms with Gasteiger partial charge in [0.05, 0.1) is 6.61 Å². The van der Waals surface area contributed by atoms with E-state index in [1.807, 2.05) is 67.7 Å². The maximum absolute atomic E-state index is 12.7. The van der Waals surface area contributed by atoms with Crippen LogP contribution in [-0.2, 0) is 19.4 Å². The lowest BCUT2D eigenvalue weighted by Gasteiger charge is -2.25. The number of rotatable bonds is 10. The van der Waals surface area contributed by atoms with Crippen LogP contribution in [0.25, 0.3) is 0 Å². The summed E-state index contributed by atoms with van der Waals surface area (Å²) in [4.78, 5) is 20.3. The van der Waals surface area contributed by atoms with Gasteiger partial charge in [0.2, 0.25) is 0 Å². The zero-order valence-electron chi connectivity index (χ0n) is 20.4. The molecule has 0 saturated carbocycles. The number of nitrogens with one attached hydrogen (secondary N) is 1. The van der Waals surface area contributed by atoms with E-state index in [1.165, 1.54) is 0 Å². The molecule has 3 aromatic carbocycles. The van der Waals surface area contributed by atoms with Gasteiger partial charge in [-0.3, -0.25) is 4.79 Å². The Hall–Kier alpha value is -4.06. The number of para-hydroxylation sites is 2. The molecule has 1 aliphatic carbocycles. The third-order valence-electron chi connectivity index (χ3n) is 6.41. The predicted octanol–water partition coefficient (Wildman–Crippen LogP) is 6.27. The Labute approximate surface area is 211 Å². The number of nitrogens with zero attached hydrogens (tertiary/aromatic N) is 1. The van der Waals surface area contributed by atoms with E-state index in [1.54, 1.807) is 6.20 Å². The first-order valence-corrected chi connectivity index (χ1v) is 12.5. The van der Waals surface area contributed by atoms with Gasteiger partial charge in [-0.1, -0.05) is 42.5 Å². The molecule has 184 valence electrons. The summed E-state index contributed by atoms with van der Waals surface area (Å²) in [6, 6.07) is 21.6.